The first-order valence-corrected chi connectivity index (χ1v) is 7.55. The van der Waals surface area contributed by atoms with Crippen LogP contribution in [0, 0.1) is 0 Å². The van der Waals surface area contributed by atoms with Crippen LogP contribution in [0.25, 0.3) is 0 Å². The molecular formula is C14H27ClN2O3. The first kappa shape index (κ1) is 17.7. The maximum Gasteiger partial charge on any atom is 0.222 e. The Labute approximate surface area is 127 Å². The molecule has 118 valence electrons. The molecule has 6 heteroatoms. The van der Waals surface area contributed by atoms with Crippen LogP contribution in [0.5, 0.6) is 0 Å². The number of halogens is 1. The van der Waals surface area contributed by atoms with Gasteiger partial charge < -0.3 is 20.1 Å². The molecule has 0 spiro atoms. The monoisotopic (exact) mass is 306 g/mol. The molecule has 5 nitrogen and oxygen atoms in total. The van der Waals surface area contributed by atoms with E-state index in [-0.39, 0.29) is 24.4 Å². The van der Waals surface area contributed by atoms with Crippen molar-refractivity contribution in [3.8, 4) is 0 Å². The Kier molecular flexibility index (Phi) is 9.18. The predicted octanol–water partition coefficient (Wildman–Crippen LogP) is 1.25. The van der Waals surface area contributed by atoms with E-state index in [0.29, 0.717) is 32.3 Å². The van der Waals surface area contributed by atoms with Crippen LogP contribution in [0.2, 0.25) is 0 Å². The fourth-order valence-electron chi connectivity index (χ4n) is 2.68. The van der Waals surface area contributed by atoms with Crippen LogP contribution in [-0.4, -0.2) is 51.0 Å². The van der Waals surface area contributed by atoms with Gasteiger partial charge in [0.2, 0.25) is 5.91 Å². The SMILES string of the molecule is Cl.O=C(CC1CNCCO1)NCCOC1CCCCC1. The number of rotatable bonds is 6. The number of carbonyl (C=O) groups is 1. The molecule has 2 rings (SSSR count). The Morgan fingerprint density at radius 1 is 1.30 bits per heavy atom. The van der Waals surface area contributed by atoms with Crippen LogP contribution in [0.3, 0.4) is 0 Å². The van der Waals surface area contributed by atoms with E-state index in [1.54, 1.807) is 0 Å². The molecule has 0 aromatic rings. The number of nitrogens with one attached hydrogen (secondary N) is 2. The molecule has 2 fully saturated rings. The Hall–Kier alpha value is -0.360. The van der Waals surface area contributed by atoms with Gasteiger partial charge in [0.15, 0.2) is 0 Å². The Bertz CT molecular complexity index is 267. The predicted molar refractivity (Wildman–Crippen MR) is 80.3 cm³/mol. The van der Waals surface area contributed by atoms with E-state index in [1.807, 2.05) is 0 Å². The van der Waals surface area contributed by atoms with E-state index in [0.717, 1.165) is 13.1 Å². The van der Waals surface area contributed by atoms with Crippen molar-refractivity contribution in [3.05, 3.63) is 0 Å². The standard InChI is InChI=1S/C14H26N2O3.ClH/c17-14(10-13-11-15-6-8-19-13)16-7-9-18-12-4-2-1-3-5-12;/h12-13,15H,1-11H2,(H,16,17);1H. The molecule has 0 aromatic heterocycles. The lowest BCUT2D eigenvalue weighted by atomic mass is 9.98. The lowest BCUT2D eigenvalue weighted by molar-refractivity contribution is -0.124. The largest absolute Gasteiger partial charge is 0.376 e. The second-order valence-electron chi connectivity index (χ2n) is 5.38. The van der Waals surface area contributed by atoms with E-state index in [4.69, 9.17) is 9.47 Å². The Balaban J connectivity index is 0.00000200. The highest BCUT2D eigenvalue weighted by Gasteiger charge is 2.17. The molecule has 2 aliphatic rings. The number of hydrogen-bond acceptors (Lipinski definition) is 4. The summed E-state index contributed by atoms with van der Waals surface area (Å²) in [4.78, 5) is 11.7. The zero-order valence-corrected chi connectivity index (χ0v) is 12.9. The first-order valence-electron chi connectivity index (χ1n) is 7.55. The van der Waals surface area contributed by atoms with Crippen molar-refractivity contribution in [3.63, 3.8) is 0 Å². The van der Waals surface area contributed by atoms with Crippen molar-refractivity contribution in [2.75, 3.05) is 32.8 Å². The molecular weight excluding hydrogens is 280 g/mol. The van der Waals surface area contributed by atoms with Gasteiger partial charge in [0.1, 0.15) is 0 Å². The van der Waals surface area contributed by atoms with Gasteiger partial charge in [0, 0.05) is 19.6 Å². The third-order valence-corrected chi connectivity index (χ3v) is 3.75. The minimum absolute atomic E-state index is 0. The Morgan fingerprint density at radius 3 is 2.80 bits per heavy atom. The van der Waals surface area contributed by atoms with Crippen molar-refractivity contribution in [2.24, 2.45) is 0 Å². The summed E-state index contributed by atoms with van der Waals surface area (Å²) in [6, 6.07) is 0. The summed E-state index contributed by atoms with van der Waals surface area (Å²) in [5.41, 5.74) is 0. The molecule has 20 heavy (non-hydrogen) atoms. The van der Waals surface area contributed by atoms with Gasteiger partial charge >= 0.3 is 0 Å². The average Bonchev–Trinajstić information content (AvgIpc) is 2.46. The summed E-state index contributed by atoms with van der Waals surface area (Å²) >= 11 is 0. The van der Waals surface area contributed by atoms with E-state index >= 15 is 0 Å². The van der Waals surface area contributed by atoms with Crippen LogP contribution in [0.1, 0.15) is 38.5 Å². The van der Waals surface area contributed by atoms with Crippen molar-refractivity contribution in [2.45, 2.75) is 50.7 Å². The molecule has 1 saturated heterocycles. The van der Waals surface area contributed by atoms with Crippen molar-refractivity contribution < 1.29 is 14.3 Å². The molecule has 0 aromatic carbocycles. The summed E-state index contributed by atoms with van der Waals surface area (Å²) in [7, 11) is 0. The van der Waals surface area contributed by atoms with Gasteiger partial charge in [-0.2, -0.15) is 0 Å². The molecule has 1 aliphatic carbocycles. The van der Waals surface area contributed by atoms with Gasteiger partial charge in [-0.05, 0) is 12.8 Å². The third kappa shape index (κ3) is 6.88. The molecule has 1 heterocycles. The van der Waals surface area contributed by atoms with Gasteiger partial charge in [0.25, 0.3) is 0 Å². The quantitative estimate of drug-likeness (QED) is 0.725. The number of hydrogen-bond donors (Lipinski definition) is 2. The summed E-state index contributed by atoms with van der Waals surface area (Å²) in [5, 5.41) is 6.12. The Morgan fingerprint density at radius 2 is 2.10 bits per heavy atom. The zero-order chi connectivity index (χ0) is 13.3. The lowest BCUT2D eigenvalue weighted by Crippen LogP contribution is -2.41. The van der Waals surface area contributed by atoms with Gasteiger partial charge in [-0.3, -0.25) is 4.79 Å². The van der Waals surface area contributed by atoms with Crippen molar-refractivity contribution in [1.82, 2.24) is 10.6 Å². The maximum atomic E-state index is 11.7. The second kappa shape index (κ2) is 10.4. The summed E-state index contributed by atoms with van der Waals surface area (Å²) in [5.74, 6) is 0.0564. The minimum Gasteiger partial charge on any atom is -0.376 e. The van der Waals surface area contributed by atoms with Crippen molar-refractivity contribution in [1.29, 1.82) is 0 Å². The average molecular weight is 307 g/mol. The maximum absolute atomic E-state index is 11.7. The van der Waals surface area contributed by atoms with Crippen LogP contribution in [0.15, 0.2) is 0 Å². The first-order chi connectivity index (χ1) is 9.34. The third-order valence-electron chi connectivity index (χ3n) is 3.75. The molecule has 1 aliphatic heterocycles. The second-order valence-corrected chi connectivity index (χ2v) is 5.38. The minimum atomic E-state index is 0. The highest BCUT2D eigenvalue weighted by molar-refractivity contribution is 5.85. The molecule has 0 bridgehead atoms. The normalized spacial score (nSPS) is 23.9. The molecule has 1 unspecified atom stereocenters. The number of carbonyl (C=O) groups excluding carboxylic acids is 1. The molecule has 0 radical (unpaired) electrons. The summed E-state index contributed by atoms with van der Waals surface area (Å²) < 4.78 is 11.3. The van der Waals surface area contributed by atoms with Crippen LogP contribution >= 0.6 is 12.4 Å². The number of ether oxygens (including phenoxy) is 2. The van der Waals surface area contributed by atoms with Crippen LogP contribution < -0.4 is 10.6 Å². The molecule has 1 amide bonds. The van der Waals surface area contributed by atoms with Gasteiger partial charge in [-0.25, -0.2) is 0 Å². The number of amides is 1. The van der Waals surface area contributed by atoms with E-state index in [9.17, 15) is 4.79 Å². The highest BCUT2D eigenvalue weighted by Crippen LogP contribution is 2.19. The molecule has 2 N–H and O–H groups in total. The summed E-state index contributed by atoms with van der Waals surface area (Å²) in [6.45, 7) is 3.58. The fraction of sp³-hybridized carbons (Fsp3) is 0.929. The van der Waals surface area contributed by atoms with Crippen LogP contribution in [-0.2, 0) is 14.3 Å². The molecule has 1 saturated carbocycles. The zero-order valence-electron chi connectivity index (χ0n) is 12.1. The smallest absolute Gasteiger partial charge is 0.222 e. The van der Waals surface area contributed by atoms with Gasteiger partial charge in [-0.15, -0.1) is 12.4 Å². The summed E-state index contributed by atoms with van der Waals surface area (Å²) in [6.07, 6.45) is 7.13. The number of morpholine rings is 1. The van der Waals surface area contributed by atoms with Crippen molar-refractivity contribution >= 4 is 18.3 Å². The van der Waals surface area contributed by atoms with Gasteiger partial charge in [0.05, 0.1) is 31.8 Å². The van der Waals surface area contributed by atoms with Crippen LogP contribution in [0.4, 0.5) is 0 Å². The molecule has 1 atom stereocenters. The van der Waals surface area contributed by atoms with Gasteiger partial charge in [-0.1, -0.05) is 19.3 Å². The van der Waals surface area contributed by atoms with E-state index < -0.39 is 0 Å². The van der Waals surface area contributed by atoms with E-state index in [1.165, 1.54) is 32.1 Å². The lowest BCUT2D eigenvalue weighted by Gasteiger charge is -2.23. The van der Waals surface area contributed by atoms with E-state index in [2.05, 4.69) is 10.6 Å². The topological polar surface area (TPSA) is 59.6 Å². The fourth-order valence-corrected chi connectivity index (χ4v) is 2.68. The highest BCUT2D eigenvalue weighted by atomic mass is 35.5.